The predicted octanol–water partition coefficient (Wildman–Crippen LogP) is 6.22. The van der Waals surface area contributed by atoms with E-state index in [2.05, 4.69) is 31.3 Å². The third kappa shape index (κ3) is 20.3. The number of ether oxygens (including phenoxy) is 2. The maximum Gasteiger partial charge on any atom is 0.220 e. The monoisotopic (exact) mass is 658 g/mol. The van der Waals surface area contributed by atoms with Crippen LogP contribution in [-0.4, -0.2) is 87.5 Å². The minimum Gasteiger partial charge on any atom is -0.394 e. The van der Waals surface area contributed by atoms with Crippen LogP contribution in [0.15, 0.2) is 12.2 Å². The number of carbonyl (C=O) groups is 1. The summed E-state index contributed by atoms with van der Waals surface area (Å²) in [5.74, 6) is -0.157. The summed E-state index contributed by atoms with van der Waals surface area (Å²) in [6.07, 6.45) is 22.2. The third-order valence-corrected chi connectivity index (χ3v) is 9.12. The van der Waals surface area contributed by atoms with Gasteiger partial charge in [0.25, 0.3) is 0 Å². The van der Waals surface area contributed by atoms with E-state index < -0.39 is 49.5 Å². The molecule has 1 rings (SSSR count). The molecule has 0 saturated carbocycles. The van der Waals surface area contributed by atoms with E-state index in [0.717, 1.165) is 44.9 Å². The van der Waals surface area contributed by atoms with Gasteiger partial charge in [0, 0.05) is 6.42 Å². The van der Waals surface area contributed by atoms with Crippen molar-refractivity contribution in [1.82, 2.24) is 5.32 Å². The molecule has 6 N–H and O–H groups in total. The van der Waals surface area contributed by atoms with Crippen LogP contribution in [0.3, 0.4) is 0 Å². The van der Waals surface area contributed by atoms with Crippen LogP contribution in [-0.2, 0) is 14.3 Å². The fourth-order valence-corrected chi connectivity index (χ4v) is 5.98. The third-order valence-electron chi connectivity index (χ3n) is 9.12. The standard InChI is InChI=1S/C37H71NO8/c1-3-5-7-9-11-13-15-17-18-20-22-24-26-31(40)30(29-45-37-36(44)35(43)34(42)32(28-39)46-37)38-33(41)27-25-23-21-19-16-14-12-10-8-6-4-2/h17-18,30-32,34-37,39-40,42-44H,3-16,19-29H2,1-2H3,(H,38,41)/b18-17+/t30-,31+,32+,34+,35?,36?,37+/m0/s1. The second-order valence-corrected chi connectivity index (χ2v) is 13.4. The van der Waals surface area contributed by atoms with Crippen molar-refractivity contribution < 1.29 is 39.8 Å². The highest BCUT2D eigenvalue weighted by atomic mass is 16.7. The van der Waals surface area contributed by atoms with Crippen LogP contribution in [0.5, 0.6) is 0 Å². The van der Waals surface area contributed by atoms with Crippen LogP contribution in [0, 0.1) is 0 Å². The number of hydrogen-bond donors (Lipinski definition) is 6. The van der Waals surface area contributed by atoms with Crippen molar-refractivity contribution in [2.75, 3.05) is 13.2 Å². The van der Waals surface area contributed by atoms with E-state index in [-0.39, 0.29) is 12.5 Å². The summed E-state index contributed by atoms with van der Waals surface area (Å²) < 4.78 is 11.2. The number of hydrogen-bond acceptors (Lipinski definition) is 8. The summed E-state index contributed by atoms with van der Waals surface area (Å²) >= 11 is 0. The molecule has 1 amide bonds. The summed E-state index contributed by atoms with van der Waals surface area (Å²) in [5.41, 5.74) is 0. The Kier molecular flexibility index (Phi) is 27.0. The molecule has 9 nitrogen and oxygen atoms in total. The Hall–Kier alpha value is -1.07. The highest BCUT2D eigenvalue weighted by Gasteiger charge is 2.44. The second kappa shape index (κ2) is 28.9. The molecule has 0 aliphatic carbocycles. The molecule has 9 heteroatoms. The minimum atomic E-state index is -1.55. The summed E-state index contributed by atoms with van der Waals surface area (Å²) in [6, 6.07) is -0.726. The van der Waals surface area contributed by atoms with E-state index in [0.29, 0.717) is 12.8 Å². The topological polar surface area (TPSA) is 149 Å². The van der Waals surface area contributed by atoms with Crippen molar-refractivity contribution in [3.05, 3.63) is 12.2 Å². The van der Waals surface area contributed by atoms with Gasteiger partial charge in [-0.2, -0.15) is 0 Å². The number of aliphatic hydroxyl groups excluding tert-OH is 5. The van der Waals surface area contributed by atoms with Gasteiger partial charge in [-0.15, -0.1) is 0 Å². The molecule has 272 valence electrons. The highest BCUT2D eigenvalue weighted by Crippen LogP contribution is 2.23. The van der Waals surface area contributed by atoms with E-state index in [1.54, 1.807) is 0 Å². The molecule has 1 heterocycles. The molecular formula is C37H71NO8. The molecule has 2 unspecified atom stereocenters. The van der Waals surface area contributed by atoms with Crippen LogP contribution in [0.4, 0.5) is 0 Å². The normalized spacial score (nSPS) is 23.2. The van der Waals surface area contributed by atoms with Gasteiger partial charge < -0.3 is 40.3 Å². The number of amides is 1. The molecule has 0 bridgehead atoms. The molecule has 1 fully saturated rings. The van der Waals surface area contributed by atoms with E-state index in [4.69, 9.17) is 9.47 Å². The Morgan fingerprint density at radius 3 is 1.76 bits per heavy atom. The van der Waals surface area contributed by atoms with Gasteiger partial charge in [-0.05, 0) is 38.5 Å². The molecule has 1 aliphatic heterocycles. The quantitative estimate of drug-likeness (QED) is 0.0394. The van der Waals surface area contributed by atoms with Gasteiger partial charge in [-0.25, -0.2) is 0 Å². The summed E-state index contributed by atoms with van der Waals surface area (Å²) in [6.45, 7) is 3.77. The Labute approximate surface area is 280 Å². The number of unbranched alkanes of at least 4 members (excludes halogenated alkanes) is 18. The first kappa shape index (κ1) is 43.0. The minimum absolute atomic E-state index is 0.147. The molecule has 7 atom stereocenters. The van der Waals surface area contributed by atoms with Crippen LogP contribution in [0.25, 0.3) is 0 Å². The van der Waals surface area contributed by atoms with Crippen molar-refractivity contribution in [3.8, 4) is 0 Å². The van der Waals surface area contributed by atoms with Gasteiger partial charge in [0.05, 0.1) is 25.4 Å². The Morgan fingerprint density at radius 1 is 0.717 bits per heavy atom. The van der Waals surface area contributed by atoms with Gasteiger partial charge in [0.15, 0.2) is 6.29 Å². The fourth-order valence-electron chi connectivity index (χ4n) is 5.98. The van der Waals surface area contributed by atoms with Crippen molar-refractivity contribution >= 4 is 5.91 Å². The van der Waals surface area contributed by atoms with Crippen LogP contribution >= 0.6 is 0 Å². The van der Waals surface area contributed by atoms with E-state index >= 15 is 0 Å². The molecule has 1 aliphatic rings. The van der Waals surface area contributed by atoms with Crippen molar-refractivity contribution in [2.24, 2.45) is 0 Å². The molecule has 0 aromatic carbocycles. The predicted molar refractivity (Wildman–Crippen MR) is 184 cm³/mol. The average Bonchev–Trinajstić information content (AvgIpc) is 3.05. The van der Waals surface area contributed by atoms with Crippen molar-refractivity contribution in [3.63, 3.8) is 0 Å². The number of allylic oxidation sites excluding steroid dienone is 2. The first-order valence-electron chi connectivity index (χ1n) is 18.9. The number of carbonyl (C=O) groups excluding carboxylic acids is 1. The Morgan fingerprint density at radius 2 is 1.22 bits per heavy atom. The zero-order valence-electron chi connectivity index (χ0n) is 29.3. The number of rotatable bonds is 30. The summed E-state index contributed by atoms with van der Waals surface area (Å²) in [7, 11) is 0. The van der Waals surface area contributed by atoms with Gasteiger partial charge in [-0.1, -0.05) is 129 Å². The van der Waals surface area contributed by atoms with Gasteiger partial charge in [0.1, 0.15) is 24.4 Å². The first-order chi connectivity index (χ1) is 22.3. The molecular weight excluding hydrogens is 586 g/mol. The molecule has 46 heavy (non-hydrogen) atoms. The average molecular weight is 658 g/mol. The van der Waals surface area contributed by atoms with E-state index in [9.17, 15) is 30.3 Å². The molecule has 0 aromatic heterocycles. The molecule has 1 saturated heterocycles. The van der Waals surface area contributed by atoms with Crippen LogP contribution < -0.4 is 5.32 Å². The number of aliphatic hydroxyl groups is 5. The van der Waals surface area contributed by atoms with Gasteiger partial charge in [-0.3, -0.25) is 4.79 Å². The van der Waals surface area contributed by atoms with Gasteiger partial charge >= 0.3 is 0 Å². The number of nitrogens with one attached hydrogen (secondary N) is 1. The summed E-state index contributed by atoms with van der Waals surface area (Å²) in [5, 5.41) is 53.9. The second-order valence-electron chi connectivity index (χ2n) is 13.4. The van der Waals surface area contributed by atoms with E-state index in [1.165, 1.54) is 89.9 Å². The lowest BCUT2D eigenvalue weighted by atomic mass is 9.99. The van der Waals surface area contributed by atoms with E-state index in [1.807, 2.05) is 0 Å². The maximum absolute atomic E-state index is 12.8. The Balaban J connectivity index is 2.46. The zero-order chi connectivity index (χ0) is 33.8. The highest BCUT2D eigenvalue weighted by molar-refractivity contribution is 5.76. The van der Waals surface area contributed by atoms with Crippen LogP contribution in [0.1, 0.15) is 162 Å². The SMILES string of the molecule is CCCCCCCC/C=C/CCCC[C@@H](O)[C@H](CO[C@@H]1O[C@H](CO)[C@@H](O)C(O)C1O)NC(=O)CCCCCCCCCCCCC. The maximum atomic E-state index is 12.8. The van der Waals surface area contributed by atoms with Gasteiger partial charge in [0.2, 0.25) is 5.91 Å². The zero-order valence-corrected chi connectivity index (χ0v) is 29.3. The fraction of sp³-hybridized carbons (Fsp3) is 0.919. The lowest BCUT2D eigenvalue weighted by Gasteiger charge is -2.40. The van der Waals surface area contributed by atoms with Crippen molar-refractivity contribution in [1.29, 1.82) is 0 Å². The lowest BCUT2D eigenvalue weighted by molar-refractivity contribution is -0.302. The van der Waals surface area contributed by atoms with Crippen molar-refractivity contribution in [2.45, 2.75) is 204 Å². The summed E-state index contributed by atoms with van der Waals surface area (Å²) in [4.78, 5) is 12.8. The molecule has 0 radical (unpaired) electrons. The molecule has 0 aromatic rings. The smallest absolute Gasteiger partial charge is 0.220 e. The Bertz CT molecular complexity index is 736. The largest absolute Gasteiger partial charge is 0.394 e. The van der Waals surface area contributed by atoms with Crippen LogP contribution in [0.2, 0.25) is 0 Å². The molecule has 0 spiro atoms. The lowest BCUT2D eigenvalue weighted by Crippen LogP contribution is -2.60. The first-order valence-corrected chi connectivity index (χ1v) is 18.9.